The van der Waals surface area contributed by atoms with E-state index in [1.54, 1.807) is 6.92 Å². The smallest absolute Gasteiger partial charge is 0.139 e. The Bertz CT molecular complexity index is 428. The Labute approximate surface area is 105 Å². The van der Waals surface area contributed by atoms with Crippen LogP contribution in [0.25, 0.3) is 0 Å². The van der Waals surface area contributed by atoms with Crippen molar-refractivity contribution < 1.29 is 4.79 Å². The summed E-state index contributed by atoms with van der Waals surface area (Å²) in [4.78, 5) is 13.9. The van der Waals surface area contributed by atoms with Gasteiger partial charge in [-0.15, -0.1) is 0 Å². The molecular weight excluding hydrogens is 266 g/mol. The molecule has 0 radical (unpaired) electrons. The Morgan fingerprint density at radius 2 is 2.19 bits per heavy atom. The molecule has 2 rings (SSSR count). The molecule has 1 unspecified atom stereocenters. The van der Waals surface area contributed by atoms with Crippen molar-refractivity contribution in [3.8, 4) is 0 Å². The maximum atomic E-state index is 11.6. The number of nitrogens with zero attached hydrogens (tertiary/aromatic N) is 1. The lowest BCUT2D eigenvalue weighted by molar-refractivity contribution is -0.118. The minimum atomic E-state index is 0.0369. The summed E-state index contributed by atoms with van der Waals surface area (Å²) in [6.45, 7) is 6.82. The van der Waals surface area contributed by atoms with Crippen LogP contribution >= 0.6 is 15.9 Å². The van der Waals surface area contributed by atoms with E-state index in [2.05, 4.69) is 46.8 Å². The number of halogens is 1. The van der Waals surface area contributed by atoms with Gasteiger partial charge in [-0.3, -0.25) is 4.79 Å². The average molecular weight is 282 g/mol. The van der Waals surface area contributed by atoms with Gasteiger partial charge in [0.25, 0.3) is 0 Å². The fourth-order valence-electron chi connectivity index (χ4n) is 2.30. The van der Waals surface area contributed by atoms with E-state index < -0.39 is 0 Å². The monoisotopic (exact) mass is 281 g/mol. The van der Waals surface area contributed by atoms with Gasteiger partial charge in [-0.2, -0.15) is 0 Å². The van der Waals surface area contributed by atoms with Crippen molar-refractivity contribution in [2.75, 3.05) is 11.4 Å². The quantitative estimate of drug-likeness (QED) is 0.829. The Morgan fingerprint density at radius 3 is 2.75 bits per heavy atom. The average Bonchev–Trinajstić information content (AvgIpc) is 2.56. The van der Waals surface area contributed by atoms with Crippen LogP contribution in [-0.4, -0.2) is 18.4 Å². The van der Waals surface area contributed by atoms with Crippen molar-refractivity contribution in [2.45, 2.75) is 32.7 Å². The molecule has 0 fully saturated rings. The van der Waals surface area contributed by atoms with Crippen LogP contribution in [0.5, 0.6) is 0 Å². The third-order valence-electron chi connectivity index (χ3n) is 3.17. The van der Waals surface area contributed by atoms with Gasteiger partial charge in [0.2, 0.25) is 0 Å². The van der Waals surface area contributed by atoms with Gasteiger partial charge in [0.05, 0.1) is 5.92 Å². The van der Waals surface area contributed by atoms with Crippen LogP contribution in [0.4, 0.5) is 5.69 Å². The van der Waals surface area contributed by atoms with Gasteiger partial charge in [-0.1, -0.05) is 15.9 Å². The molecule has 0 N–H and O–H groups in total. The molecule has 86 valence electrons. The van der Waals surface area contributed by atoms with Gasteiger partial charge in [0.15, 0.2) is 0 Å². The summed E-state index contributed by atoms with van der Waals surface area (Å²) < 4.78 is 1.04. The first kappa shape index (κ1) is 11.6. The number of carbonyl (C=O) groups excluding carboxylic acids is 1. The van der Waals surface area contributed by atoms with Gasteiger partial charge in [-0.05, 0) is 44.5 Å². The van der Waals surface area contributed by atoms with E-state index in [4.69, 9.17) is 0 Å². The van der Waals surface area contributed by atoms with Gasteiger partial charge < -0.3 is 4.90 Å². The van der Waals surface area contributed by atoms with E-state index in [1.807, 2.05) is 6.07 Å². The molecule has 3 heteroatoms. The molecule has 1 heterocycles. The van der Waals surface area contributed by atoms with E-state index in [-0.39, 0.29) is 11.7 Å². The largest absolute Gasteiger partial charge is 0.368 e. The molecule has 0 bridgehead atoms. The molecule has 1 aromatic carbocycles. The second-order valence-corrected chi connectivity index (χ2v) is 5.53. The lowest BCUT2D eigenvalue weighted by Crippen LogP contribution is -2.30. The van der Waals surface area contributed by atoms with Gasteiger partial charge in [0, 0.05) is 22.7 Å². The molecule has 0 aliphatic carbocycles. The lowest BCUT2D eigenvalue weighted by Gasteiger charge is -2.24. The normalized spacial score (nSPS) is 19.1. The number of fused-ring (bicyclic) bond motifs is 1. The maximum Gasteiger partial charge on any atom is 0.139 e. The second kappa shape index (κ2) is 4.21. The number of rotatable bonds is 2. The Kier molecular flexibility index (Phi) is 3.06. The fourth-order valence-corrected chi connectivity index (χ4v) is 2.67. The van der Waals surface area contributed by atoms with Crippen molar-refractivity contribution >= 4 is 27.4 Å². The van der Waals surface area contributed by atoms with E-state index in [1.165, 1.54) is 5.69 Å². The molecule has 0 aromatic heterocycles. The molecule has 0 saturated carbocycles. The van der Waals surface area contributed by atoms with Crippen LogP contribution in [0.2, 0.25) is 0 Å². The van der Waals surface area contributed by atoms with Crippen molar-refractivity contribution in [2.24, 2.45) is 0 Å². The Hall–Kier alpha value is -0.830. The number of hydrogen-bond donors (Lipinski definition) is 0. The first-order valence-corrected chi connectivity index (χ1v) is 6.36. The number of hydrogen-bond acceptors (Lipinski definition) is 2. The maximum absolute atomic E-state index is 11.6. The SMILES string of the molecule is CC(=O)C1CN(C(C)C)c2ccc(Br)cc21. The number of anilines is 1. The summed E-state index contributed by atoms with van der Waals surface area (Å²) in [5, 5.41) is 0. The predicted octanol–water partition coefficient (Wildman–Crippen LogP) is 3.35. The van der Waals surface area contributed by atoms with Crippen LogP contribution in [0.1, 0.15) is 32.3 Å². The third kappa shape index (κ3) is 1.88. The highest BCUT2D eigenvalue weighted by Crippen LogP contribution is 2.39. The van der Waals surface area contributed by atoms with Crippen molar-refractivity contribution in [1.29, 1.82) is 0 Å². The standard InChI is InChI=1S/C13H16BrNO/c1-8(2)15-7-12(9(3)16)11-6-10(14)4-5-13(11)15/h4-6,8,12H,7H2,1-3H3. The number of benzene rings is 1. The van der Waals surface area contributed by atoms with Crippen LogP contribution in [0.3, 0.4) is 0 Å². The molecule has 0 amide bonds. The number of Topliss-reactive ketones (excluding diaryl/α,β-unsaturated/α-hetero) is 1. The summed E-state index contributed by atoms with van der Waals surface area (Å²) >= 11 is 3.47. The van der Waals surface area contributed by atoms with Crippen molar-refractivity contribution in [3.63, 3.8) is 0 Å². The van der Waals surface area contributed by atoms with Gasteiger partial charge >= 0.3 is 0 Å². The van der Waals surface area contributed by atoms with Crippen molar-refractivity contribution in [3.05, 3.63) is 28.2 Å². The molecule has 1 atom stereocenters. The Balaban J connectivity index is 2.48. The lowest BCUT2D eigenvalue weighted by atomic mass is 9.98. The fraction of sp³-hybridized carbons (Fsp3) is 0.462. The van der Waals surface area contributed by atoms with E-state index >= 15 is 0 Å². The van der Waals surface area contributed by atoms with Crippen LogP contribution in [-0.2, 0) is 4.79 Å². The molecule has 1 aromatic rings. The molecule has 0 spiro atoms. The van der Waals surface area contributed by atoms with Crippen LogP contribution in [0, 0.1) is 0 Å². The highest BCUT2D eigenvalue weighted by atomic mass is 79.9. The Morgan fingerprint density at radius 1 is 1.50 bits per heavy atom. The summed E-state index contributed by atoms with van der Waals surface area (Å²) in [5.41, 5.74) is 2.37. The van der Waals surface area contributed by atoms with E-state index in [9.17, 15) is 4.79 Å². The second-order valence-electron chi connectivity index (χ2n) is 4.61. The molecule has 2 nitrogen and oxygen atoms in total. The number of ketones is 1. The molecule has 1 aliphatic heterocycles. The van der Waals surface area contributed by atoms with Gasteiger partial charge in [0.1, 0.15) is 5.78 Å². The molecule has 16 heavy (non-hydrogen) atoms. The molecule has 1 aliphatic rings. The van der Waals surface area contributed by atoms with Gasteiger partial charge in [-0.25, -0.2) is 0 Å². The highest BCUT2D eigenvalue weighted by Gasteiger charge is 2.32. The van der Waals surface area contributed by atoms with Crippen LogP contribution < -0.4 is 4.90 Å². The summed E-state index contributed by atoms with van der Waals surface area (Å²) in [5.74, 6) is 0.289. The van der Waals surface area contributed by atoms with E-state index in [0.29, 0.717) is 6.04 Å². The van der Waals surface area contributed by atoms with E-state index in [0.717, 1.165) is 16.6 Å². The number of carbonyl (C=O) groups is 1. The first-order chi connectivity index (χ1) is 7.50. The molecular formula is C13H16BrNO. The minimum absolute atomic E-state index is 0.0369. The third-order valence-corrected chi connectivity index (χ3v) is 3.66. The highest BCUT2D eigenvalue weighted by molar-refractivity contribution is 9.10. The van der Waals surface area contributed by atoms with Crippen LogP contribution in [0.15, 0.2) is 22.7 Å². The minimum Gasteiger partial charge on any atom is -0.368 e. The first-order valence-electron chi connectivity index (χ1n) is 5.57. The molecule has 0 saturated heterocycles. The van der Waals surface area contributed by atoms with Crippen molar-refractivity contribution in [1.82, 2.24) is 0 Å². The summed E-state index contributed by atoms with van der Waals surface area (Å²) in [6.07, 6.45) is 0. The topological polar surface area (TPSA) is 20.3 Å². The summed E-state index contributed by atoms with van der Waals surface area (Å²) in [6, 6.07) is 6.65. The zero-order valence-electron chi connectivity index (χ0n) is 9.83. The zero-order valence-corrected chi connectivity index (χ0v) is 11.4. The summed E-state index contributed by atoms with van der Waals surface area (Å²) in [7, 11) is 0. The predicted molar refractivity (Wildman–Crippen MR) is 70.0 cm³/mol. The zero-order chi connectivity index (χ0) is 11.9.